The number of nitrogens with zero attached hydrogens (tertiary/aromatic N) is 2. The third-order valence-corrected chi connectivity index (χ3v) is 2.41. The van der Waals surface area contributed by atoms with E-state index in [9.17, 15) is 0 Å². The molecule has 2 rings (SSSR count). The van der Waals surface area contributed by atoms with Gasteiger partial charge in [-0.25, -0.2) is 9.97 Å². The standard InChI is InChI=1S/C6H3I2N3/c7-5-1-3-4(2-9-5)11-6(8)10-3/h1-2H,(H,10,11). The smallest absolute Gasteiger partial charge is 0.169 e. The van der Waals surface area contributed by atoms with Gasteiger partial charge >= 0.3 is 0 Å². The maximum Gasteiger partial charge on any atom is 0.169 e. The van der Waals surface area contributed by atoms with Gasteiger partial charge in [-0.15, -0.1) is 0 Å². The Morgan fingerprint density at radius 1 is 1.36 bits per heavy atom. The minimum atomic E-state index is 0.904. The normalized spacial score (nSPS) is 10.7. The molecule has 11 heavy (non-hydrogen) atoms. The number of aromatic nitrogens is 3. The SMILES string of the molecule is Ic1cc2nc(I)[nH]c2cn1. The van der Waals surface area contributed by atoms with Crippen molar-refractivity contribution in [3.63, 3.8) is 0 Å². The molecule has 0 unspecified atom stereocenters. The fourth-order valence-corrected chi connectivity index (χ4v) is 1.84. The van der Waals surface area contributed by atoms with Crippen molar-refractivity contribution in [3.05, 3.63) is 19.8 Å². The number of hydrogen-bond acceptors (Lipinski definition) is 2. The van der Waals surface area contributed by atoms with Crippen LogP contribution in [-0.2, 0) is 0 Å². The van der Waals surface area contributed by atoms with Gasteiger partial charge in [-0.3, -0.25) is 0 Å². The topological polar surface area (TPSA) is 41.6 Å². The maximum atomic E-state index is 4.26. The van der Waals surface area contributed by atoms with E-state index in [1.165, 1.54) is 0 Å². The molecule has 0 saturated carbocycles. The summed E-state index contributed by atoms with van der Waals surface area (Å²) in [6, 6.07) is 1.95. The van der Waals surface area contributed by atoms with Crippen LogP contribution in [0.1, 0.15) is 0 Å². The number of pyridine rings is 1. The molecule has 1 N–H and O–H groups in total. The van der Waals surface area contributed by atoms with Gasteiger partial charge in [0.05, 0.1) is 17.2 Å². The summed E-state index contributed by atoms with van der Waals surface area (Å²) in [5.41, 5.74) is 1.98. The first-order valence-electron chi connectivity index (χ1n) is 2.92. The Balaban J connectivity index is 2.82. The highest BCUT2D eigenvalue weighted by Crippen LogP contribution is 2.13. The van der Waals surface area contributed by atoms with Crippen LogP contribution >= 0.6 is 45.2 Å². The van der Waals surface area contributed by atoms with Crippen LogP contribution in [0.25, 0.3) is 11.0 Å². The Hall–Kier alpha value is 0.0800. The Bertz CT molecular complexity index is 396. The van der Waals surface area contributed by atoms with E-state index in [1.807, 2.05) is 6.07 Å². The molecule has 0 bridgehead atoms. The molecular formula is C6H3I2N3. The van der Waals surface area contributed by atoms with Gasteiger partial charge in [0, 0.05) is 0 Å². The van der Waals surface area contributed by atoms with Gasteiger partial charge in [0.25, 0.3) is 0 Å². The first kappa shape index (κ1) is 7.71. The van der Waals surface area contributed by atoms with Crippen molar-refractivity contribution in [2.24, 2.45) is 0 Å². The Morgan fingerprint density at radius 2 is 2.18 bits per heavy atom. The third kappa shape index (κ3) is 1.48. The molecule has 0 saturated heterocycles. The van der Waals surface area contributed by atoms with Gasteiger partial charge in [-0.2, -0.15) is 0 Å². The summed E-state index contributed by atoms with van der Waals surface area (Å²) in [7, 11) is 0. The van der Waals surface area contributed by atoms with E-state index < -0.39 is 0 Å². The third-order valence-electron chi connectivity index (χ3n) is 1.31. The van der Waals surface area contributed by atoms with Crippen molar-refractivity contribution < 1.29 is 0 Å². The van der Waals surface area contributed by atoms with Crippen LogP contribution in [0.15, 0.2) is 12.3 Å². The lowest BCUT2D eigenvalue weighted by molar-refractivity contribution is 1.26. The highest BCUT2D eigenvalue weighted by molar-refractivity contribution is 14.1. The van der Waals surface area contributed by atoms with E-state index in [2.05, 4.69) is 60.1 Å². The van der Waals surface area contributed by atoms with Crippen LogP contribution in [0, 0.1) is 7.53 Å². The molecule has 0 aliphatic rings. The zero-order chi connectivity index (χ0) is 7.84. The molecule has 56 valence electrons. The average Bonchev–Trinajstić information content (AvgIpc) is 2.27. The van der Waals surface area contributed by atoms with Crippen LogP contribution in [0.3, 0.4) is 0 Å². The van der Waals surface area contributed by atoms with E-state index in [0.717, 1.165) is 18.6 Å². The molecule has 0 aromatic carbocycles. The fraction of sp³-hybridized carbons (Fsp3) is 0. The number of imidazole rings is 1. The second-order valence-corrected chi connectivity index (χ2v) is 4.18. The van der Waals surface area contributed by atoms with Crippen molar-refractivity contribution >= 4 is 56.2 Å². The Labute approximate surface area is 90.3 Å². The second-order valence-electron chi connectivity index (χ2n) is 2.05. The predicted octanol–water partition coefficient (Wildman–Crippen LogP) is 2.17. The van der Waals surface area contributed by atoms with Crippen LogP contribution in [0.2, 0.25) is 0 Å². The number of aromatic amines is 1. The lowest BCUT2D eigenvalue weighted by atomic mass is 10.4. The molecule has 5 heteroatoms. The van der Waals surface area contributed by atoms with Gasteiger partial charge in [0.15, 0.2) is 3.83 Å². The first-order valence-corrected chi connectivity index (χ1v) is 5.08. The number of nitrogens with one attached hydrogen (secondary N) is 1. The summed E-state index contributed by atoms with van der Waals surface area (Å²) in [5, 5.41) is 0. The van der Waals surface area contributed by atoms with Crippen molar-refractivity contribution in [2.75, 3.05) is 0 Å². The number of fused-ring (bicyclic) bond motifs is 1. The highest BCUT2D eigenvalue weighted by atomic mass is 127. The molecule has 0 radical (unpaired) electrons. The molecule has 0 fully saturated rings. The minimum absolute atomic E-state index is 0.904. The zero-order valence-electron chi connectivity index (χ0n) is 5.31. The molecule has 0 spiro atoms. The maximum absolute atomic E-state index is 4.26. The molecule has 2 aromatic rings. The first-order chi connectivity index (χ1) is 5.25. The summed E-state index contributed by atoms with van der Waals surface area (Å²) in [4.78, 5) is 11.5. The molecule has 0 amide bonds. The van der Waals surface area contributed by atoms with E-state index in [0.29, 0.717) is 0 Å². The Kier molecular flexibility index (Phi) is 2.00. The summed E-state index contributed by atoms with van der Waals surface area (Å²) < 4.78 is 1.87. The zero-order valence-corrected chi connectivity index (χ0v) is 9.62. The van der Waals surface area contributed by atoms with Gasteiger partial charge in [-0.1, -0.05) is 0 Å². The molecule has 0 aliphatic heterocycles. The number of halogens is 2. The van der Waals surface area contributed by atoms with Gasteiger partial charge < -0.3 is 4.98 Å². The summed E-state index contributed by atoms with van der Waals surface area (Å²) in [5.74, 6) is 0. The molecule has 0 atom stereocenters. The lowest BCUT2D eigenvalue weighted by Crippen LogP contribution is -1.77. The fourth-order valence-electron chi connectivity index (χ4n) is 0.854. The van der Waals surface area contributed by atoms with Crippen LogP contribution in [0.4, 0.5) is 0 Å². The lowest BCUT2D eigenvalue weighted by Gasteiger charge is -1.86. The minimum Gasteiger partial charge on any atom is -0.332 e. The second kappa shape index (κ2) is 2.85. The van der Waals surface area contributed by atoms with Crippen molar-refractivity contribution in [1.82, 2.24) is 15.0 Å². The molecule has 2 heterocycles. The van der Waals surface area contributed by atoms with Crippen LogP contribution in [0.5, 0.6) is 0 Å². The quantitative estimate of drug-likeness (QED) is 0.570. The summed E-state index contributed by atoms with van der Waals surface area (Å²) >= 11 is 4.32. The molecule has 2 aromatic heterocycles. The largest absolute Gasteiger partial charge is 0.332 e. The summed E-state index contributed by atoms with van der Waals surface area (Å²) in [6.45, 7) is 0. The summed E-state index contributed by atoms with van der Waals surface area (Å²) in [6.07, 6.45) is 1.80. The van der Waals surface area contributed by atoms with Crippen LogP contribution in [-0.4, -0.2) is 15.0 Å². The predicted molar refractivity (Wildman–Crippen MR) is 59.3 cm³/mol. The van der Waals surface area contributed by atoms with E-state index in [4.69, 9.17) is 0 Å². The van der Waals surface area contributed by atoms with Crippen molar-refractivity contribution in [3.8, 4) is 0 Å². The highest BCUT2D eigenvalue weighted by Gasteiger charge is 1.99. The van der Waals surface area contributed by atoms with Gasteiger partial charge in [0.1, 0.15) is 3.70 Å². The van der Waals surface area contributed by atoms with Crippen molar-refractivity contribution in [1.29, 1.82) is 0 Å². The number of rotatable bonds is 0. The van der Waals surface area contributed by atoms with E-state index >= 15 is 0 Å². The molecule has 0 aliphatic carbocycles. The van der Waals surface area contributed by atoms with Crippen molar-refractivity contribution in [2.45, 2.75) is 0 Å². The number of hydrogen-bond donors (Lipinski definition) is 1. The molecular weight excluding hydrogens is 368 g/mol. The Morgan fingerprint density at radius 3 is 3.00 bits per heavy atom. The van der Waals surface area contributed by atoms with E-state index in [1.54, 1.807) is 6.20 Å². The molecule has 3 nitrogen and oxygen atoms in total. The average molecular weight is 371 g/mol. The van der Waals surface area contributed by atoms with Gasteiger partial charge in [-0.05, 0) is 51.2 Å². The van der Waals surface area contributed by atoms with Gasteiger partial charge in [0.2, 0.25) is 0 Å². The monoisotopic (exact) mass is 371 g/mol. The van der Waals surface area contributed by atoms with E-state index in [-0.39, 0.29) is 0 Å². The van der Waals surface area contributed by atoms with Crippen LogP contribution < -0.4 is 0 Å². The number of H-pyrrole nitrogens is 1.